The minimum atomic E-state index is -4.05. The van der Waals surface area contributed by atoms with E-state index in [-0.39, 0.29) is 42.7 Å². The van der Waals surface area contributed by atoms with Gasteiger partial charge in [-0.15, -0.1) is 24.0 Å². The van der Waals surface area contributed by atoms with Crippen LogP contribution in [0.5, 0.6) is 0 Å². The van der Waals surface area contributed by atoms with Crippen molar-refractivity contribution in [2.24, 2.45) is 16.8 Å². The fourth-order valence-corrected chi connectivity index (χ4v) is 3.79. The number of hydrogen-bond acceptors (Lipinski definition) is 2. The van der Waals surface area contributed by atoms with Crippen LogP contribution >= 0.6 is 24.0 Å². The Labute approximate surface area is 165 Å². The molecule has 0 amide bonds. The summed E-state index contributed by atoms with van der Waals surface area (Å²) in [7, 11) is 1.67. The average Bonchev–Trinajstić information content (AvgIpc) is 2.55. The molecule has 3 N–H and O–H groups in total. The molecule has 0 atom stereocenters. The van der Waals surface area contributed by atoms with Gasteiger partial charge < -0.3 is 15.7 Å². The lowest BCUT2D eigenvalue weighted by Crippen LogP contribution is -2.49. The maximum atomic E-state index is 12.7. The maximum Gasteiger partial charge on any atom is 0.391 e. The van der Waals surface area contributed by atoms with Crippen LogP contribution in [0.4, 0.5) is 13.2 Å². The Hall–Kier alpha value is -0.250. The first-order chi connectivity index (χ1) is 11.3. The molecule has 25 heavy (non-hydrogen) atoms. The van der Waals surface area contributed by atoms with Gasteiger partial charge in [-0.25, -0.2) is 0 Å². The fourth-order valence-electron chi connectivity index (χ4n) is 3.79. The van der Waals surface area contributed by atoms with Crippen LogP contribution in [0.1, 0.15) is 57.8 Å². The molecule has 0 heterocycles. The summed E-state index contributed by atoms with van der Waals surface area (Å²) in [4.78, 5) is 4.15. The molecule has 0 bridgehead atoms. The van der Waals surface area contributed by atoms with E-state index < -0.39 is 17.7 Å². The lowest BCUT2D eigenvalue weighted by molar-refractivity contribution is -0.183. The molecule has 0 saturated heterocycles. The molecule has 148 valence electrons. The zero-order valence-corrected chi connectivity index (χ0v) is 17.2. The van der Waals surface area contributed by atoms with Crippen LogP contribution in [0, 0.1) is 11.8 Å². The van der Waals surface area contributed by atoms with Gasteiger partial charge in [0.1, 0.15) is 0 Å². The second-order valence-corrected chi connectivity index (χ2v) is 7.35. The Morgan fingerprint density at radius 1 is 1.08 bits per heavy atom. The van der Waals surface area contributed by atoms with Crippen molar-refractivity contribution in [3.05, 3.63) is 0 Å². The second kappa shape index (κ2) is 10.2. The van der Waals surface area contributed by atoms with Crippen molar-refractivity contribution >= 4 is 29.9 Å². The molecule has 2 fully saturated rings. The Bertz CT molecular complexity index is 418. The van der Waals surface area contributed by atoms with Crippen LogP contribution in [-0.2, 0) is 0 Å². The number of aliphatic imine (C=N–C) groups is 1. The van der Waals surface area contributed by atoms with Gasteiger partial charge in [0.15, 0.2) is 5.96 Å². The predicted octanol–water partition coefficient (Wildman–Crippen LogP) is 3.83. The largest absolute Gasteiger partial charge is 0.391 e. The fraction of sp³-hybridized carbons (Fsp3) is 0.941. The molecule has 0 spiro atoms. The van der Waals surface area contributed by atoms with Crippen molar-refractivity contribution in [1.82, 2.24) is 10.6 Å². The van der Waals surface area contributed by atoms with Gasteiger partial charge in [0.05, 0.1) is 11.5 Å². The molecule has 0 unspecified atom stereocenters. The molecule has 2 aliphatic carbocycles. The molecule has 0 aromatic rings. The Balaban J connectivity index is 0.00000312. The third-order valence-electron chi connectivity index (χ3n) is 5.46. The number of nitrogens with zero attached hydrogens (tertiary/aromatic N) is 1. The predicted molar refractivity (Wildman–Crippen MR) is 104 cm³/mol. The van der Waals surface area contributed by atoms with E-state index in [1.54, 1.807) is 7.05 Å². The first kappa shape index (κ1) is 22.8. The summed E-state index contributed by atoms with van der Waals surface area (Å²) in [5.74, 6) is -0.265. The summed E-state index contributed by atoms with van der Waals surface area (Å²) in [5.41, 5.74) is -0.666. The van der Waals surface area contributed by atoms with Crippen molar-refractivity contribution in [1.29, 1.82) is 0 Å². The van der Waals surface area contributed by atoms with Crippen molar-refractivity contribution in [3.63, 3.8) is 0 Å². The van der Waals surface area contributed by atoms with Gasteiger partial charge in [-0.2, -0.15) is 13.2 Å². The van der Waals surface area contributed by atoms with Gasteiger partial charge in [-0.3, -0.25) is 4.99 Å². The van der Waals surface area contributed by atoms with Crippen LogP contribution in [-0.4, -0.2) is 43.0 Å². The highest BCUT2D eigenvalue weighted by Crippen LogP contribution is 2.39. The number of nitrogens with one attached hydrogen (secondary N) is 2. The molecule has 8 heteroatoms. The molecule has 0 aromatic carbocycles. The molecular weight excluding hydrogens is 446 g/mol. The average molecular weight is 477 g/mol. The van der Waals surface area contributed by atoms with Crippen molar-refractivity contribution < 1.29 is 18.3 Å². The van der Waals surface area contributed by atoms with E-state index in [0.29, 0.717) is 31.9 Å². The number of aliphatic hydroxyl groups is 1. The SMILES string of the molecule is CN=C(NCC1CCC(C(F)(F)F)CC1)NCC1(O)CCCCC1.I. The number of guanidine groups is 1. The summed E-state index contributed by atoms with van der Waals surface area (Å²) in [6.07, 6.45) is 2.47. The van der Waals surface area contributed by atoms with Gasteiger partial charge in [-0.05, 0) is 44.4 Å². The summed E-state index contributed by atoms with van der Waals surface area (Å²) in [5, 5.41) is 16.8. The van der Waals surface area contributed by atoms with Crippen molar-refractivity contribution in [3.8, 4) is 0 Å². The van der Waals surface area contributed by atoms with Gasteiger partial charge in [0.2, 0.25) is 0 Å². The Morgan fingerprint density at radius 2 is 1.68 bits per heavy atom. The normalized spacial score (nSPS) is 27.3. The van der Waals surface area contributed by atoms with E-state index >= 15 is 0 Å². The van der Waals surface area contributed by atoms with Crippen LogP contribution in [0.3, 0.4) is 0 Å². The summed E-state index contributed by atoms with van der Waals surface area (Å²) >= 11 is 0. The zero-order valence-electron chi connectivity index (χ0n) is 14.9. The maximum absolute atomic E-state index is 12.7. The third-order valence-corrected chi connectivity index (χ3v) is 5.46. The number of alkyl halides is 3. The monoisotopic (exact) mass is 477 g/mol. The smallest absolute Gasteiger partial charge is 0.388 e. The van der Waals surface area contributed by atoms with E-state index in [2.05, 4.69) is 15.6 Å². The third kappa shape index (κ3) is 7.48. The van der Waals surface area contributed by atoms with E-state index in [9.17, 15) is 18.3 Å². The Morgan fingerprint density at radius 3 is 2.20 bits per heavy atom. The molecular formula is C17H31F3IN3O. The standard InChI is InChI=1S/C17H30F3N3O.HI/c1-21-15(23-12-16(24)9-3-2-4-10-16)22-11-13-5-7-14(8-6-13)17(18,19)20;/h13-14,24H,2-12H2,1H3,(H2,21,22,23);1H. The molecule has 0 aromatic heterocycles. The van der Waals surface area contributed by atoms with Gasteiger partial charge in [0.25, 0.3) is 0 Å². The molecule has 2 rings (SSSR count). The molecule has 2 saturated carbocycles. The van der Waals surface area contributed by atoms with Gasteiger partial charge in [-0.1, -0.05) is 19.3 Å². The quantitative estimate of drug-likeness (QED) is 0.328. The molecule has 4 nitrogen and oxygen atoms in total. The highest BCUT2D eigenvalue weighted by molar-refractivity contribution is 14.0. The van der Waals surface area contributed by atoms with E-state index in [0.717, 1.165) is 25.7 Å². The summed E-state index contributed by atoms with van der Waals surface area (Å²) in [6, 6.07) is 0. The summed E-state index contributed by atoms with van der Waals surface area (Å²) in [6.45, 7) is 1.09. The van der Waals surface area contributed by atoms with Crippen LogP contribution in [0.15, 0.2) is 4.99 Å². The first-order valence-electron chi connectivity index (χ1n) is 9.06. The van der Waals surface area contributed by atoms with E-state index in [1.807, 2.05) is 0 Å². The Kier molecular flexibility index (Phi) is 9.28. The van der Waals surface area contributed by atoms with Gasteiger partial charge in [0, 0.05) is 20.1 Å². The van der Waals surface area contributed by atoms with Gasteiger partial charge >= 0.3 is 6.18 Å². The molecule has 2 aliphatic rings. The molecule has 0 aliphatic heterocycles. The number of rotatable bonds is 4. The van der Waals surface area contributed by atoms with Crippen LogP contribution < -0.4 is 10.6 Å². The number of halogens is 4. The lowest BCUT2D eigenvalue weighted by Gasteiger charge is -2.33. The van der Waals surface area contributed by atoms with Crippen LogP contribution in [0.2, 0.25) is 0 Å². The zero-order chi connectivity index (χ0) is 17.6. The topological polar surface area (TPSA) is 56.7 Å². The van der Waals surface area contributed by atoms with Crippen molar-refractivity contribution in [2.45, 2.75) is 69.6 Å². The second-order valence-electron chi connectivity index (χ2n) is 7.35. The van der Waals surface area contributed by atoms with E-state index in [1.165, 1.54) is 6.42 Å². The minimum absolute atomic E-state index is 0. The van der Waals surface area contributed by atoms with Crippen LogP contribution in [0.25, 0.3) is 0 Å². The van der Waals surface area contributed by atoms with Crippen molar-refractivity contribution in [2.75, 3.05) is 20.1 Å². The highest BCUT2D eigenvalue weighted by Gasteiger charge is 2.41. The summed E-state index contributed by atoms with van der Waals surface area (Å²) < 4.78 is 38.0. The first-order valence-corrected chi connectivity index (χ1v) is 9.06. The van der Waals surface area contributed by atoms with E-state index in [4.69, 9.17) is 0 Å². The number of hydrogen-bond donors (Lipinski definition) is 3. The lowest BCUT2D eigenvalue weighted by atomic mass is 9.81. The highest BCUT2D eigenvalue weighted by atomic mass is 127. The molecule has 0 radical (unpaired) electrons. The minimum Gasteiger partial charge on any atom is -0.388 e.